The summed E-state index contributed by atoms with van der Waals surface area (Å²) in [5.74, 6) is 0.319. The minimum Gasteiger partial charge on any atom is -0.379 e. The first-order chi connectivity index (χ1) is 15.1. The van der Waals surface area contributed by atoms with Gasteiger partial charge in [-0.25, -0.2) is 0 Å². The molecule has 0 unspecified atom stereocenters. The summed E-state index contributed by atoms with van der Waals surface area (Å²) in [4.78, 5) is 0.185. The van der Waals surface area contributed by atoms with Gasteiger partial charge in [-0.2, -0.15) is 8.42 Å². The number of hydrogen-bond donors (Lipinski definition) is 0. The maximum atomic E-state index is 12.8. The first-order valence-corrected chi connectivity index (χ1v) is 13.2. The Kier molecular flexibility index (Phi) is 6.93. The Morgan fingerprint density at radius 1 is 0.774 bits per heavy atom. The van der Waals surface area contributed by atoms with Crippen molar-refractivity contribution in [1.29, 1.82) is 0 Å². The van der Waals surface area contributed by atoms with E-state index in [1.54, 1.807) is 47.7 Å². The van der Waals surface area contributed by atoms with Crippen LogP contribution in [0.1, 0.15) is 51.0 Å². The van der Waals surface area contributed by atoms with Crippen molar-refractivity contribution >= 4 is 41.6 Å². The molecule has 4 aromatic rings. The van der Waals surface area contributed by atoms with Gasteiger partial charge >= 0.3 is 10.1 Å². The summed E-state index contributed by atoms with van der Waals surface area (Å²) in [7, 11) is -3.88. The van der Waals surface area contributed by atoms with Crippen LogP contribution in [0.2, 0.25) is 0 Å². The van der Waals surface area contributed by atoms with Crippen LogP contribution in [0, 0.1) is 0 Å². The highest BCUT2D eigenvalue weighted by molar-refractivity contribution is 7.87. The Morgan fingerprint density at radius 2 is 1.45 bits per heavy atom. The third kappa shape index (κ3) is 5.28. The van der Waals surface area contributed by atoms with Crippen molar-refractivity contribution in [2.45, 2.75) is 56.8 Å². The van der Waals surface area contributed by atoms with Crippen LogP contribution in [0.15, 0.2) is 71.6 Å². The highest BCUT2D eigenvalue weighted by atomic mass is 32.2. The minimum atomic E-state index is -3.88. The van der Waals surface area contributed by atoms with E-state index >= 15 is 0 Å². The molecule has 0 bridgehead atoms. The molecule has 162 valence electrons. The van der Waals surface area contributed by atoms with Crippen LogP contribution >= 0.6 is 11.3 Å². The molecule has 4 rings (SSSR count). The van der Waals surface area contributed by atoms with Gasteiger partial charge in [0.15, 0.2) is 0 Å². The molecule has 1 heterocycles. The van der Waals surface area contributed by atoms with Crippen LogP contribution in [0.4, 0.5) is 0 Å². The zero-order valence-corrected chi connectivity index (χ0v) is 19.5. The third-order valence-electron chi connectivity index (χ3n) is 5.56. The lowest BCUT2D eigenvalue weighted by atomic mass is 10.0. The third-order valence-corrected chi connectivity index (χ3v) is 7.96. The molecule has 3 aromatic carbocycles. The Morgan fingerprint density at radius 3 is 2.23 bits per heavy atom. The molecule has 31 heavy (non-hydrogen) atoms. The van der Waals surface area contributed by atoms with Gasteiger partial charge in [-0.3, -0.25) is 0 Å². The van der Waals surface area contributed by atoms with Crippen LogP contribution in [0.3, 0.4) is 0 Å². The molecule has 0 aliphatic carbocycles. The summed E-state index contributed by atoms with van der Waals surface area (Å²) in [5.41, 5.74) is 1.32. The average molecular weight is 453 g/mol. The summed E-state index contributed by atoms with van der Waals surface area (Å²) in [6.45, 7) is 2.24. The number of para-hydroxylation sites is 1. The lowest BCUT2D eigenvalue weighted by molar-refractivity contribution is 0.486. The zero-order valence-electron chi connectivity index (χ0n) is 17.8. The molecule has 0 radical (unpaired) electrons. The first-order valence-electron chi connectivity index (χ1n) is 11.0. The van der Waals surface area contributed by atoms with Crippen molar-refractivity contribution in [3.8, 4) is 5.75 Å². The molecule has 0 aliphatic heterocycles. The molecule has 3 nitrogen and oxygen atoms in total. The first kappa shape index (κ1) is 21.8. The molecule has 0 spiro atoms. The average Bonchev–Trinajstić information content (AvgIpc) is 3.14. The van der Waals surface area contributed by atoms with Crippen LogP contribution < -0.4 is 4.18 Å². The van der Waals surface area contributed by atoms with Crippen molar-refractivity contribution in [2.24, 2.45) is 0 Å². The van der Waals surface area contributed by atoms with Crippen LogP contribution in [-0.2, 0) is 16.5 Å². The number of fused-ring (bicyclic) bond motifs is 3. The monoisotopic (exact) mass is 452 g/mol. The lowest BCUT2D eigenvalue weighted by Crippen LogP contribution is -2.09. The smallest absolute Gasteiger partial charge is 0.339 e. The second-order valence-electron chi connectivity index (χ2n) is 7.96. The van der Waals surface area contributed by atoms with E-state index in [1.165, 1.54) is 48.8 Å². The predicted molar refractivity (Wildman–Crippen MR) is 131 cm³/mol. The fourth-order valence-corrected chi connectivity index (χ4v) is 5.90. The van der Waals surface area contributed by atoms with Crippen molar-refractivity contribution in [1.82, 2.24) is 0 Å². The van der Waals surface area contributed by atoms with Gasteiger partial charge in [-0.1, -0.05) is 63.3 Å². The van der Waals surface area contributed by atoms with E-state index in [0.717, 1.165) is 21.9 Å². The van der Waals surface area contributed by atoms with Gasteiger partial charge in [0.05, 0.1) is 0 Å². The predicted octanol–water partition coefficient (Wildman–Crippen LogP) is 7.73. The number of hydrogen-bond acceptors (Lipinski definition) is 4. The van der Waals surface area contributed by atoms with E-state index in [2.05, 4.69) is 25.1 Å². The Labute approximate surface area is 188 Å². The highest BCUT2D eigenvalue weighted by Crippen LogP contribution is 2.36. The van der Waals surface area contributed by atoms with Gasteiger partial charge in [-0.05, 0) is 60.9 Å². The molecule has 1 aromatic heterocycles. The molecule has 0 amide bonds. The fourth-order valence-electron chi connectivity index (χ4n) is 3.87. The van der Waals surface area contributed by atoms with Crippen molar-refractivity contribution in [3.05, 3.63) is 72.3 Å². The topological polar surface area (TPSA) is 43.4 Å². The van der Waals surface area contributed by atoms with Crippen LogP contribution in [0.25, 0.3) is 20.2 Å². The molecule has 0 saturated carbocycles. The van der Waals surface area contributed by atoms with Gasteiger partial charge in [0.25, 0.3) is 0 Å². The zero-order chi connectivity index (χ0) is 21.7. The minimum absolute atomic E-state index is 0.185. The molecule has 0 saturated heterocycles. The van der Waals surface area contributed by atoms with Gasteiger partial charge in [0, 0.05) is 20.2 Å². The van der Waals surface area contributed by atoms with Crippen molar-refractivity contribution in [2.75, 3.05) is 0 Å². The number of unbranched alkanes of at least 4 members (excludes halogenated alkanes) is 5. The highest BCUT2D eigenvalue weighted by Gasteiger charge is 2.18. The van der Waals surface area contributed by atoms with Crippen molar-refractivity contribution < 1.29 is 12.6 Å². The van der Waals surface area contributed by atoms with E-state index in [0.29, 0.717) is 5.75 Å². The SMILES string of the molecule is CCCCCCCCc1ccc2sc3ccc(S(=O)(=O)Oc4ccccc4)cc3c2c1. The lowest BCUT2D eigenvalue weighted by Gasteiger charge is -2.07. The molecule has 0 fully saturated rings. The molecule has 5 heteroatoms. The molecule has 0 aliphatic rings. The summed E-state index contributed by atoms with van der Waals surface area (Å²) >= 11 is 1.70. The number of rotatable bonds is 10. The largest absolute Gasteiger partial charge is 0.379 e. The summed E-state index contributed by atoms with van der Waals surface area (Å²) in [6.07, 6.45) is 8.76. The van der Waals surface area contributed by atoms with E-state index < -0.39 is 10.1 Å². The van der Waals surface area contributed by atoms with Crippen LogP contribution in [-0.4, -0.2) is 8.42 Å². The molecule has 0 atom stereocenters. The number of thiophene rings is 1. The summed E-state index contributed by atoms with van der Waals surface area (Å²) < 4.78 is 33.2. The van der Waals surface area contributed by atoms with E-state index in [9.17, 15) is 8.42 Å². The molecular weight excluding hydrogens is 424 g/mol. The maximum absolute atomic E-state index is 12.8. The normalized spacial score (nSPS) is 11.9. The van der Waals surface area contributed by atoms with Gasteiger partial charge < -0.3 is 4.18 Å². The summed E-state index contributed by atoms with van der Waals surface area (Å²) in [6, 6.07) is 20.5. The van der Waals surface area contributed by atoms with Gasteiger partial charge in [0.1, 0.15) is 10.6 Å². The van der Waals surface area contributed by atoms with E-state index in [1.807, 2.05) is 12.1 Å². The Balaban J connectivity index is 1.57. The maximum Gasteiger partial charge on any atom is 0.339 e. The van der Waals surface area contributed by atoms with Crippen LogP contribution in [0.5, 0.6) is 5.75 Å². The fraction of sp³-hybridized carbons (Fsp3) is 0.308. The van der Waals surface area contributed by atoms with E-state index in [4.69, 9.17) is 4.18 Å². The second kappa shape index (κ2) is 9.84. The Bertz CT molecular complexity index is 1260. The van der Waals surface area contributed by atoms with Gasteiger partial charge in [-0.15, -0.1) is 11.3 Å². The van der Waals surface area contributed by atoms with Crippen molar-refractivity contribution in [3.63, 3.8) is 0 Å². The molecule has 0 N–H and O–H groups in total. The quantitative estimate of drug-likeness (QED) is 0.183. The standard InChI is InChI=1S/C26H28O3S2/c1-2-3-4-5-6-8-11-20-14-16-25-23(18-20)24-19-22(15-17-26(24)30-25)31(27,28)29-21-12-9-7-10-13-21/h7,9-10,12-19H,2-6,8,11H2,1H3. The molecular formula is C26H28O3S2. The number of aryl methyl sites for hydroxylation is 1. The van der Waals surface area contributed by atoms with E-state index in [-0.39, 0.29) is 4.90 Å². The van der Waals surface area contributed by atoms with Gasteiger partial charge in [0.2, 0.25) is 0 Å². The second-order valence-corrected chi connectivity index (χ2v) is 10.6. The Hall–Kier alpha value is -2.37. The summed E-state index contributed by atoms with van der Waals surface area (Å²) in [5, 5.41) is 2.10. The number of benzene rings is 3.